The number of ether oxygens (including phenoxy) is 2. The van der Waals surface area contributed by atoms with E-state index in [4.69, 9.17) is 21.1 Å². The SMILES string of the molecule is COc1ccc(CN2C(=O)c3cccc4c(Nc5cn(C6CCN(C(=O)OC(C)(C)C)CC6)nc5Cl)ccc2c34)cc1. The van der Waals surface area contributed by atoms with Gasteiger partial charge in [-0.2, -0.15) is 5.10 Å². The van der Waals surface area contributed by atoms with Gasteiger partial charge in [-0.3, -0.25) is 9.48 Å². The van der Waals surface area contributed by atoms with Gasteiger partial charge in [0, 0.05) is 35.1 Å². The Hall–Kier alpha value is -4.24. The molecule has 9 nitrogen and oxygen atoms in total. The van der Waals surface area contributed by atoms with Crippen LogP contribution >= 0.6 is 11.6 Å². The van der Waals surface area contributed by atoms with Crippen molar-refractivity contribution >= 4 is 51.4 Å². The van der Waals surface area contributed by atoms with Crippen LogP contribution in [0.3, 0.4) is 0 Å². The lowest BCUT2D eigenvalue weighted by Crippen LogP contribution is -2.42. The molecule has 0 spiro atoms. The Morgan fingerprint density at radius 1 is 1.05 bits per heavy atom. The van der Waals surface area contributed by atoms with Crippen molar-refractivity contribution in [3.63, 3.8) is 0 Å². The summed E-state index contributed by atoms with van der Waals surface area (Å²) in [5.74, 6) is 0.757. The standard InChI is InChI=1S/C32H34ClN5O4/c1-32(2,3)42-31(40)36-16-14-21(15-17-36)38-19-26(29(33)35-38)34-25-12-13-27-28-23(25)6-5-7-24(28)30(39)37(27)18-20-8-10-22(41-4)11-9-20/h5-13,19,21,34H,14-18H2,1-4H3. The predicted molar refractivity (Wildman–Crippen MR) is 164 cm³/mol. The maximum absolute atomic E-state index is 13.5. The van der Waals surface area contributed by atoms with Crippen LogP contribution in [0.1, 0.15) is 55.6 Å². The summed E-state index contributed by atoms with van der Waals surface area (Å²) in [7, 11) is 1.64. The second-order valence-electron chi connectivity index (χ2n) is 11.7. The van der Waals surface area contributed by atoms with Gasteiger partial charge in [0.1, 0.15) is 11.4 Å². The van der Waals surface area contributed by atoms with Crippen LogP contribution in [0, 0.1) is 0 Å². The van der Waals surface area contributed by atoms with Crippen LogP contribution in [0.5, 0.6) is 5.75 Å². The molecule has 0 aliphatic carbocycles. The van der Waals surface area contributed by atoms with E-state index in [1.165, 1.54) is 0 Å². The molecule has 3 heterocycles. The van der Waals surface area contributed by atoms with Gasteiger partial charge in [0.2, 0.25) is 0 Å². The Morgan fingerprint density at radius 2 is 1.79 bits per heavy atom. The largest absolute Gasteiger partial charge is 0.497 e. The van der Waals surface area contributed by atoms with Crippen LogP contribution < -0.4 is 15.0 Å². The zero-order valence-electron chi connectivity index (χ0n) is 24.2. The van der Waals surface area contributed by atoms with Crippen molar-refractivity contribution in [2.24, 2.45) is 0 Å². The van der Waals surface area contributed by atoms with E-state index in [1.54, 1.807) is 12.0 Å². The van der Waals surface area contributed by atoms with E-state index in [-0.39, 0.29) is 18.0 Å². The molecular weight excluding hydrogens is 554 g/mol. The number of benzene rings is 3. The van der Waals surface area contributed by atoms with Gasteiger partial charge in [-0.1, -0.05) is 35.9 Å². The number of methoxy groups -OCH3 is 1. The molecule has 2 aliphatic rings. The number of carbonyl (C=O) groups is 2. The number of hydrogen-bond acceptors (Lipinski definition) is 6. The molecular formula is C32H34ClN5O4. The summed E-state index contributed by atoms with van der Waals surface area (Å²) in [5, 5.41) is 10.3. The smallest absolute Gasteiger partial charge is 0.410 e. The average molecular weight is 588 g/mol. The number of likely N-dealkylation sites (tertiary alicyclic amines) is 1. The second-order valence-corrected chi connectivity index (χ2v) is 12.1. The fraction of sp³-hybridized carbons (Fsp3) is 0.344. The minimum Gasteiger partial charge on any atom is -0.497 e. The summed E-state index contributed by atoms with van der Waals surface area (Å²) >= 11 is 6.60. The molecule has 10 heteroatoms. The van der Waals surface area contributed by atoms with Gasteiger partial charge in [-0.05, 0) is 69.5 Å². The Morgan fingerprint density at radius 3 is 2.48 bits per heavy atom. The Kier molecular flexibility index (Phi) is 7.22. The monoisotopic (exact) mass is 587 g/mol. The summed E-state index contributed by atoms with van der Waals surface area (Å²) in [6.07, 6.45) is 3.14. The van der Waals surface area contributed by atoms with Crippen molar-refractivity contribution in [1.29, 1.82) is 0 Å². The molecule has 1 N–H and O–H groups in total. The van der Waals surface area contributed by atoms with Crippen LogP contribution in [0.25, 0.3) is 10.8 Å². The molecule has 1 fully saturated rings. The minimum atomic E-state index is -0.519. The van der Waals surface area contributed by atoms with Crippen molar-refractivity contribution < 1.29 is 19.1 Å². The maximum atomic E-state index is 13.5. The van der Waals surface area contributed by atoms with E-state index >= 15 is 0 Å². The van der Waals surface area contributed by atoms with E-state index in [0.717, 1.165) is 46.3 Å². The first-order valence-electron chi connectivity index (χ1n) is 14.1. The number of rotatable bonds is 6. The Labute approximate surface area is 249 Å². The summed E-state index contributed by atoms with van der Waals surface area (Å²) in [6.45, 7) is 7.26. The molecule has 2 aliphatic heterocycles. The zero-order valence-corrected chi connectivity index (χ0v) is 24.9. The second kappa shape index (κ2) is 10.9. The summed E-state index contributed by atoms with van der Waals surface area (Å²) in [5.41, 5.74) is 3.59. The highest BCUT2D eigenvalue weighted by Crippen LogP contribution is 2.42. The fourth-order valence-electron chi connectivity index (χ4n) is 5.65. The number of hydrogen-bond donors (Lipinski definition) is 1. The number of nitrogens with one attached hydrogen (secondary N) is 1. The highest BCUT2D eigenvalue weighted by Gasteiger charge is 2.31. The van der Waals surface area contributed by atoms with Crippen LogP contribution in [0.4, 0.5) is 21.9 Å². The maximum Gasteiger partial charge on any atom is 0.410 e. The first-order valence-corrected chi connectivity index (χ1v) is 14.5. The molecule has 6 rings (SSSR count). The van der Waals surface area contributed by atoms with E-state index in [2.05, 4.69) is 10.4 Å². The van der Waals surface area contributed by atoms with Gasteiger partial charge < -0.3 is 24.6 Å². The Balaban J connectivity index is 1.20. The molecule has 4 aromatic rings. The van der Waals surface area contributed by atoms with E-state index in [0.29, 0.717) is 36.0 Å². The third-order valence-corrected chi connectivity index (χ3v) is 8.01. The fourth-order valence-corrected chi connectivity index (χ4v) is 5.83. The van der Waals surface area contributed by atoms with Gasteiger partial charge in [0.15, 0.2) is 5.15 Å². The normalized spacial score (nSPS) is 15.4. The van der Waals surface area contributed by atoms with Crippen molar-refractivity contribution in [3.8, 4) is 5.75 Å². The first kappa shape index (κ1) is 27.9. The zero-order chi connectivity index (χ0) is 29.6. The molecule has 0 saturated carbocycles. The lowest BCUT2D eigenvalue weighted by molar-refractivity contribution is 0.0184. The van der Waals surface area contributed by atoms with Crippen LogP contribution in [0.2, 0.25) is 5.15 Å². The molecule has 0 radical (unpaired) electrons. The summed E-state index contributed by atoms with van der Waals surface area (Å²) < 4.78 is 12.7. The third kappa shape index (κ3) is 5.36. The molecule has 218 valence electrons. The lowest BCUT2D eigenvalue weighted by Gasteiger charge is -2.33. The van der Waals surface area contributed by atoms with Gasteiger partial charge >= 0.3 is 6.09 Å². The van der Waals surface area contributed by atoms with Crippen LogP contribution in [-0.4, -0.2) is 52.5 Å². The number of halogens is 1. The van der Waals surface area contributed by atoms with E-state index in [1.807, 2.05) is 91.1 Å². The van der Waals surface area contributed by atoms with Crippen LogP contribution in [0.15, 0.2) is 60.8 Å². The highest BCUT2D eigenvalue weighted by molar-refractivity contribution is 6.32. The van der Waals surface area contributed by atoms with Crippen molar-refractivity contribution in [2.45, 2.75) is 51.8 Å². The number of aromatic nitrogens is 2. The molecule has 1 aromatic heterocycles. The molecule has 0 atom stereocenters. The number of amides is 2. The number of nitrogens with zero attached hydrogens (tertiary/aromatic N) is 4. The van der Waals surface area contributed by atoms with Gasteiger partial charge in [-0.15, -0.1) is 0 Å². The molecule has 3 aromatic carbocycles. The molecule has 42 heavy (non-hydrogen) atoms. The number of piperidine rings is 1. The summed E-state index contributed by atoms with van der Waals surface area (Å²) in [4.78, 5) is 29.5. The van der Waals surface area contributed by atoms with Gasteiger partial charge in [-0.25, -0.2) is 4.79 Å². The minimum absolute atomic E-state index is 0.0212. The van der Waals surface area contributed by atoms with E-state index in [9.17, 15) is 9.59 Å². The topological polar surface area (TPSA) is 88.9 Å². The first-order chi connectivity index (χ1) is 20.1. The average Bonchev–Trinajstić information content (AvgIpc) is 3.47. The quantitative estimate of drug-likeness (QED) is 0.257. The predicted octanol–water partition coefficient (Wildman–Crippen LogP) is 7.17. The van der Waals surface area contributed by atoms with Crippen molar-refractivity contribution in [1.82, 2.24) is 14.7 Å². The van der Waals surface area contributed by atoms with E-state index < -0.39 is 5.60 Å². The molecule has 1 saturated heterocycles. The molecule has 0 bridgehead atoms. The number of carbonyl (C=O) groups excluding carboxylic acids is 2. The third-order valence-electron chi connectivity index (χ3n) is 7.73. The molecule has 2 amide bonds. The number of anilines is 3. The highest BCUT2D eigenvalue weighted by atomic mass is 35.5. The van der Waals surface area contributed by atoms with Gasteiger partial charge in [0.25, 0.3) is 5.91 Å². The Bertz CT molecular complexity index is 1650. The van der Waals surface area contributed by atoms with Crippen LogP contribution in [-0.2, 0) is 11.3 Å². The molecule has 0 unspecified atom stereocenters. The van der Waals surface area contributed by atoms with Crippen molar-refractivity contribution in [2.75, 3.05) is 30.4 Å². The lowest BCUT2D eigenvalue weighted by atomic mass is 10.0. The van der Waals surface area contributed by atoms with Gasteiger partial charge in [0.05, 0.1) is 37.3 Å². The van der Waals surface area contributed by atoms with Crippen molar-refractivity contribution in [3.05, 3.63) is 77.1 Å². The summed E-state index contributed by atoms with van der Waals surface area (Å²) in [6, 6.07) is 17.6.